The van der Waals surface area contributed by atoms with Crippen molar-refractivity contribution in [1.82, 2.24) is 4.57 Å². The molecule has 21 heavy (non-hydrogen) atoms. The molecule has 2 aromatic rings. The minimum Gasteiger partial charge on any atom is -0.332 e. The third-order valence-electron chi connectivity index (χ3n) is 3.81. The summed E-state index contributed by atoms with van der Waals surface area (Å²) in [4.78, 5) is 4.28. The van der Waals surface area contributed by atoms with Gasteiger partial charge < -0.3 is 4.57 Å². The summed E-state index contributed by atoms with van der Waals surface area (Å²) < 4.78 is 1.73. The van der Waals surface area contributed by atoms with E-state index in [0.29, 0.717) is 5.56 Å². The van der Waals surface area contributed by atoms with E-state index < -0.39 is 0 Å². The lowest BCUT2D eigenvalue weighted by Crippen LogP contribution is -2.26. The van der Waals surface area contributed by atoms with Crippen LogP contribution in [0.1, 0.15) is 23.7 Å². The van der Waals surface area contributed by atoms with Crippen LogP contribution in [0, 0.1) is 23.7 Å². The Bertz CT molecular complexity index is 805. The Balaban J connectivity index is 3.04. The molecule has 0 unspecified atom stereocenters. The summed E-state index contributed by atoms with van der Waals surface area (Å²) in [5, 5.41) is 17.8. The predicted molar refractivity (Wildman–Crippen MR) is 84.3 cm³/mol. The Morgan fingerprint density at radius 3 is 2.43 bits per heavy atom. The zero-order valence-corrected chi connectivity index (χ0v) is 12.7. The first-order chi connectivity index (χ1) is 10.0. The van der Waals surface area contributed by atoms with E-state index in [1.807, 2.05) is 44.2 Å². The molecule has 0 aliphatic carbocycles. The van der Waals surface area contributed by atoms with Gasteiger partial charge in [-0.05, 0) is 19.4 Å². The molecular formula is C17H18N4. The fourth-order valence-electron chi connectivity index (χ4n) is 2.48. The zero-order chi connectivity index (χ0) is 15.6. The van der Waals surface area contributed by atoms with E-state index in [4.69, 9.17) is 5.41 Å². The second kappa shape index (κ2) is 5.76. The van der Waals surface area contributed by atoms with E-state index in [2.05, 4.69) is 11.1 Å². The van der Waals surface area contributed by atoms with Gasteiger partial charge in [0.05, 0.1) is 0 Å². The molecule has 4 nitrogen and oxygen atoms in total. The lowest BCUT2D eigenvalue weighted by Gasteiger charge is -2.18. The SMILES string of the molecule is CN=C(C)c1c(-c2ccccc2)c(C#N)c(=N)n(C)c1C. The molecule has 0 radical (unpaired) electrons. The molecule has 0 bridgehead atoms. The van der Waals surface area contributed by atoms with Crippen LogP contribution in [-0.2, 0) is 7.05 Å². The number of hydrogen-bond donors (Lipinski definition) is 1. The van der Waals surface area contributed by atoms with Gasteiger partial charge in [0, 0.05) is 36.6 Å². The highest BCUT2D eigenvalue weighted by molar-refractivity contribution is 6.06. The Hall–Kier alpha value is -2.67. The maximum Gasteiger partial charge on any atom is 0.143 e. The van der Waals surface area contributed by atoms with Crippen LogP contribution in [0.5, 0.6) is 0 Å². The standard InChI is InChI=1S/C17H18N4/c1-11(20-3)15-12(2)21(4)17(19)14(10-18)16(15)13-8-6-5-7-9-13/h5-9,19H,1-4H3. The van der Waals surface area contributed by atoms with E-state index in [0.717, 1.165) is 28.1 Å². The van der Waals surface area contributed by atoms with Crippen LogP contribution >= 0.6 is 0 Å². The van der Waals surface area contributed by atoms with Gasteiger partial charge in [0.1, 0.15) is 17.1 Å². The first-order valence-corrected chi connectivity index (χ1v) is 6.70. The van der Waals surface area contributed by atoms with E-state index in [1.54, 1.807) is 18.7 Å². The molecule has 4 heteroatoms. The summed E-state index contributed by atoms with van der Waals surface area (Å²) in [5.41, 5.74) is 5.05. The maximum absolute atomic E-state index is 9.53. The van der Waals surface area contributed by atoms with E-state index >= 15 is 0 Å². The van der Waals surface area contributed by atoms with Crippen molar-refractivity contribution in [2.75, 3.05) is 7.05 Å². The molecule has 1 aromatic heterocycles. The monoisotopic (exact) mass is 278 g/mol. The Labute approximate surface area is 124 Å². The number of hydrogen-bond acceptors (Lipinski definition) is 3. The van der Waals surface area contributed by atoms with Gasteiger partial charge >= 0.3 is 0 Å². The van der Waals surface area contributed by atoms with Gasteiger partial charge in [0.2, 0.25) is 0 Å². The average Bonchev–Trinajstić information content (AvgIpc) is 2.52. The molecule has 0 saturated heterocycles. The number of nitriles is 1. The van der Waals surface area contributed by atoms with E-state index in [1.165, 1.54) is 0 Å². The summed E-state index contributed by atoms with van der Waals surface area (Å²) in [7, 11) is 3.55. The number of aromatic nitrogens is 1. The van der Waals surface area contributed by atoms with Gasteiger partial charge in [0.25, 0.3) is 0 Å². The van der Waals surface area contributed by atoms with Crippen LogP contribution in [0.3, 0.4) is 0 Å². The summed E-state index contributed by atoms with van der Waals surface area (Å²) in [6, 6.07) is 11.9. The van der Waals surface area contributed by atoms with Crippen LogP contribution in [0.25, 0.3) is 11.1 Å². The number of nitrogens with zero attached hydrogens (tertiary/aromatic N) is 3. The van der Waals surface area contributed by atoms with Gasteiger partial charge in [-0.15, -0.1) is 0 Å². The number of aliphatic imine (C=N–C) groups is 1. The molecule has 0 aliphatic heterocycles. The third kappa shape index (κ3) is 2.38. The van der Waals surface area contributed by atoms with E-state index in [-0.39, 0.29) is 5.49 Å². The lowest BCUT2D eigenvalue weighted by atomic mass is 9.92. The van der Waals surface area contributed by atoms with Crippen molar-refractivity contribution in [2.24, 2.45) is 12.0 Å². The summed E-state index contributed by atoms with van der Waals surface area (Å²) in [5.74, 6) is 0. The highest BCUT2D eigenvalue weighted by Gasteiger charge is 2.19. The van der Waals surface area contributed by atoms with Crippen molar-refractivity contribution < 1.29 is 0 Å². The highest BCUT2D eigenvalue weighted by Crippen LogP contribution is 2.28. The summed E-state index contributed by atoms with van der Waals surface area (Å²) in [6.45, 7) is 3.88. The zero-order valence-electron chi connectivity index (χ0n) is 12.7. The largest absolute Gasteiger partial charge is 0.332 e. The second-order valence-corrected chi connectivity index (χ2v) is 4.90. The average molecular weight is 278 g/mol. The minimum absolute atomic E-state index is 0.224. The Morgan fingerprint density at radius 1 is 1.29 bits per heavy atom. The van der Waals surface area contributed by atoms with Gasteiger partial charge in [-0.1, -0.05) is 30.3 Å². The molecule has 1 heterocycles. The fraction of sp³-hybridized carbons (Fsp3) is 0.235. The molecule has 1 N–H and O–H groups in total. The quantitative estimate of drug-likeness (QED) is 0.843. The second-order valence-electron chi connectivity index (χ2n) is 4.90. The first-order valence-electron chi connectivity index (χ1n) is 6.70. The smallest absolute Gasteiger partial charge is 0.143 e. The van der Waals surface area contributed by atoms with Crippen LogP contribution in [-0.4, -0.2) is 17.3 Å². The van der Waals surface area contributed by atoms with Crippen molar-refractivity contribution >= 4 is 5.71 Å². The fourth-order valence-corrected chi connectivity index (χ4v) is 2.48. The van der Waals surface area contributed by atoms with Crippen molar-refractivity contribution in [3.05, 3.63) is 52.6 Å². The molecule has 0 spiro atoms. The number of pyridine rings is 1. The van der Waals surface area contributed by atoms with Gasteiger partial charge in [-0.3, -0.25) is 10.4 Å². The summed E-state index contributed by atoms with van der Waals surface area (Å²) in [6.07, 6.45) is 0. The topological polar surface area (TPSA) is 64.9 Å². The first kappa shape index (κ1) is 14.7. The Kier molecular flexibility index (Phi) is 4.04. The van der Waals surface area contributed by atoms with Crippen molar-refractivity contribution in [3.8, 4) is 17.2 Å². The maximum atomic E-state index is 9.53. The van der Waals surface area contributed by atoms with Gasteiger partial charge in [-0.25, -0.2) is 0 Å². The molecule has 2 rings (SSSR count). The molecular weight excluding hydrogens is 260 g/mol. The third-order valence-corrected chi connectivity index (χ3v) is 3.81. The van der Waals surface area contributed by atoms with Crippen molar-refractivity contribution in [1.29, 1.82) is 10.7 Å². The predicted octanol–water partition coefficient (Wildman–Crippen LogP) is 2.79. The minimum atomic E-state index is 0.224. The molecule has 0 fully saturated rings. The number of benzene rings is 1. The van der Waals surface area contributed by atoms with Crippen LogP contribution in [0.4, 0.5) is 0 Å². The molecule has 106 valence electrons. The molecule has 0 saturated carbocycles. The molecule has 0 amide bonds. The van der Waals surface area contributed by atoms with Gasteiger partial charge in [-0.2, -0.15) is 5.26 Å². The van der Waals surface area contributed by atoms with E-state index in [9.17, 15) is 5.26 Å². The normalized spacial score (nSPS) is 11.3. The Morgan fingerprint density at radius 2 is 1.90 bits per heavy atom. The molecule has 1 aromatic carbocycles. The van der Waals surface area contributed by atoms with Crippen molar-refractivity contribution in [2.45, 2.75) is 13.8 Å². The molecule has 0 aliphatic rings. The molecule has 0 atom stereocenters. The van der Waals surface area contributed by atoms with Crippen LogP contribution < -0.4 is 5.49 Å². The summed E-state index contributed by atoms with van der Waals surface area (Å²) >= 11 is 0. The lowest BCUT2D eigenvalue weighted by molar-refractivity contribution is 0.776. The number of rotatable bonds is 2. The van der Waals surface area contributed by atoms with Crippen molar-refractivity contribution in [3.63, 3.8) is 0 Å². The van der Waals surface area contributed by atoms with Crippen LogP contribution in [0.15, 0.2) is 35.3 Å². The van der Waals surface area contributed by atoms with Crippen LogP contribution in [0.2, 0.25) is 0 Å². The van der Waals surface area contributed by atoms with Gasteiger partial charge in [0.15, 0.2) is 0 Å². The number of nitrogens with one attached hydrogen (secondary N) is 1. The highest BCUT2D eigenvalue weighted by atomic mass is 15.0.